The number of carbonyl (C=O) groups is 2. The molecule has 2 rings (SSSR count). The van der Waals surface area contributed by atoms with Crippen molar-refractivity contribution in [2.24, 2.45) is 5.73 Å². The van der Waals surface area contributed by atoms with E-state index >= 15 is 0 Å². The molecular formula is C13H10N2O4. The maximum atomic E-state index is 11.4. The molecule has 0 aliphatic carbocycles. The van der Waals surface area contributed by atoms with Crippen molar-refractivity contribution in [3.8, 4) is 0 Å². The van der Waals surface area contributed by atoms with Crippen molar-refractivity contribution in [1.29, 1.82) is 0 Å². The highest BCUT2D eigenvalue weighted by molar-refractivity contribution is 6.26. The third kappa shape index (κ3) is 2.23. The number of hydrogen-bond donors (Lipinski definition) is 3. The number of pyridine rings is 1. The van der Waals surface area contributed by atoms with Gasteiger partial charge in [0, 0.05) is 17.1 Å². The van der Waals surface area contributed by atoms with Crippen LogP contribution in [0.3, 0.4) is 0 Å². The zero-order chi connectivity index (χ0) is 14.0. The predicted molar refractivity (Wildman–Crippen MR) is 68.1 cm³/mol. The minimum Gasteiger partial charge on any atom is -0.501 e. The predicted octanol–water partition coefficient (Wildman–Crippen LogP) is 1.07. The third-order valence-corrected chi connectivity index (χ3v) is 2.60. The van der Waals surface area contributed by atoms with E-state index in [-0.39, 0.29) is 5.56 Å². The average Bonchev–Trinajstić information content (AvgIpc) is 2.38. The van der Waals surface area contributed by atoms with Gasteiger partial charge in [-0.15, -0.1) is 0 Å². The van der Waals surface area contributed by atoms with E-state index in [2.05, 4.69) is 4.98 Å². The van der Waals surface area contributed by atoms with Crippen LogP contribution in [0.2, 0.25) is 0 Å². The molecule has 0 saturated carbocycles. The normalized spacial score (nSPS) is 12.0. The number of fused-ring (bicyclic) bond motifs is 1. The summed E-state index contributed by atoms with van der Waals surface area (Å²) in [6, 6.07) is 8.26. The molecule has 2 aromatic rings. The highest BCUT2D eigenvalue weighted by Crippen LogP contribution is 2.25. The van der Waals surface area contributed by atoms with Crippen LogP contribution in [0.25, 0.3) is 16.5 Å². The number of nitrogens with two attached hydrogens (primary N) is 1. The number of benzene rings is 1. The number of carbonyl (C=O) groups excluding carboxylic acids is 1. The fourth-order valence-electron chi connectivity index (χ4n) is 1.80. The first-order valence-corrected chi connectivity index (χ1v) is 5.33. The SMILES string of the molecule is NC(=O)/C(=C(\O)C(=O)O)c1ccnc2ccccc12. The number of hydrogen-bond acceptors (Lipinski definition) is 4. The Hall–Kier alpha value is -2.89. The topological polar surface area (TPSA) is 114 Å². The standard InChI is InChI=1S/C13H10N2O4/c14-12(17)10(11(16)13(18)19)8-5-6-15-9-4-2-1-3-7(8)9/h1-6,16H,(H2,14,17)(H,18,19)/b11-10-. The van der Waals surface area contributed by atoms with Crippen molar-refractivity contribution in [3.63, 3.8) is 0 Å². The number of nitrogens with zero attached hydrogens (tertiary/aromatic N) is 1. The van der Waals surface area contributed by atoms with Gasteiger partial charge < -0.3 is 15.9 Å². The molecule has 0 spiro atoms. The first-order valence-electron chi connectivity index (χ1n) is 5.33. The molecule has 0 radical (unpaired) electrons. The molecule has 0 unspecified atom stereocenters. The van der Waals surface area contributed by atoms with Gasteiger partial charge in [0.15, 0.2) is 0 Å². The van der Waals surface area contributed by atoms with Crippen LogP contribution in [0.1, 0.15) is 5.56 Å². The molecule has 96 valence electrons. The molecule has 19 heavy (non-hydrogen) atoms. The number of aliphatic hydroxyl groups excluding tert-OH is 1. The second-order valence-corrected chi connectivity index (χ2v) is 3.77. The lowest BCUT2D eigenvalue weighted by molar-refractivity contribution is -0.135. The Morgan fingerprint density at radius 3 is 2.42 bits per heavy atom. The first kappa shape index (κ1) is 12.6. The lowest BCUT2D eigenvalue weighted by atomic mass is 9.99. The highest BCUT2D eigenvalue weighted by Gasteiger charge is 2.21. The molecule has 0 aliphatic rings. The van der Waals surface area contributed by atoms with Gasteiger partial charge >= 0.3 is 5.97 Å². The number of primary amides is 1. The van der Waals surface area contributed by atoms with Gasteiger partial charge in [-0.25, -0.2) is 4.79 Å². The number of amides is 1. The molecule has 1 aromatic carbocycles. The second kappa shape index (κ2) is 4.77. The van der Waals surface area contributed by atoms with Crippen LogP contribution in [0.15, 0.2) is 42.3 Å². The second-order valence-electron chi connectivity index (χ2n) is 3.77. The first-order chi connectivity index (χ1) is 9.02. The molecule has 6 heteroatoms. The van der Waals surface area contributed by atoms with Crippen molar-refractivity contribution in [1.82, 2.24) is 4.98 Å². The molecule has 4 N–H and O–H groups in total. The summed E-state index contributed by atoms with van der Waals surface area (Å²) in [4.78, 5) is 26.3. The fourth-order valence-corrected chi connectivity index (χ4v) is 1.80. The lowest BCUT2D eigenvalue weighted by Gasteiger charge is -2.08. The quantitative estimate of drug-likeness (QED) is 0.563. The van der Waals surface area contributed by atoms with Crippen LogP contribution < -0.4 is 5.73 Å². The number of rotatable bonds is 3. The van der Waals surface area contributed by atoms with Crippen molar-refractivity contribution in [3.05, 3.63) is 47.9 Å². The number of aliphatic carboxylic acids is 1. The maximum absolute atomic E-state index is 11.4. The smallest absolute Gasteiger partial charge is 0.371 e. The summed E-state index contributed by atoms with van der Waals surface area (Å²) in [5.41, 5.74) is 5.52. The Balaban J connectivity index is 2.82. The van der Waals surface area contributed by atoms with Gasteiger partial charge in [0.05, 0.1) is 11.1 Å². The molecule has 0 bridgehead atoms. The molecule has 1 amide bonds. The Morgan fingerprint density at radius 2 is 1.79 bits per heavy atom. The summed E-state index contributed by atoms with van der Waals surface area (Å²) in [5.74, 6) is -3.71. The average molecular weight is 258 g/mol. The van der Waals surface area contributed by atoms with E-state index < -0.39 is 23.2 Å². The van der Waals surface area contributed by atoms with Gasteiger partial charge in [0.1, 0.15) is 0 Å². The van der Waals surface area contributed by atoms with Crippen LogP contribution in [-0.4, -0.2) is 27.1 Å². The zero-order valence-corrected chi connectivity index (χ0v) is 9.70. The molecule has 1 aromatic heterocycles. The molecule has 6 nitrogen and oxygen atoms in total. The van der Waals surface area contributed by atoms with E-state index in [0.29, 0.717) is 10.9 Å². The number of carboxylic acids is 1. The number of aromatic nitrogens is 1. The maximum Gasteiger partial charge on any atom is 0.371 e. The van der Waals surface area contributed by atoms with E-state index in [1.807, 2.05) is 0 Å². The van der Waals surface area contributed by atoms with Crippen molar-refractivity contribution >= 4 is 28.4 Å². The third-order valence-electron chi connectivity index (χ3n) is 2.60. The summed E-state index contributed by atoms with van der Waals surface area (Å²) >= 11 is 0. The zero-order valence-electron chi connectivity index (χ0n) is 9.70. The summed E-state index contributed by atoms with van der Waals surface area (Å²) < 4.78 is 0. The lowest BCUT2D eigenvalue weighted by Crippen LogP contribution is -2.18. The highest BCUT2D eigenvalue weighted by atomic mass is 16.4. The minimum absolute atomic E-state index is 0.234. The summed E-state index contributed by atoms with van der Waals surface area (Å²) in [6.07, 6.45) is 1.41. The molecule has 0 saturated heterocycles. The van der Waals surface area contributed by atoms with Crippen LogP contribution in [0.5, 0.6) is 0 Å². The van der Waals surface area contributed by atoms with Gasteiger partial charge in [-0.05, 0) is 12.1 Å². The number of para-hydroxylation sites is 1. The summed E-state index contributed by atoms with van der Waals surface area (Å²) in [7, 11) is 0. The molecule has 1 heterocycles. The van der Waals surface area contributed by atoms with Crippen LogP contribution >= 0.6 is 0 Å². The Bertz CT molecular complexity index is 701. The Morgan fingerprint density at radius 1 is 1.11 bits per heavy atom. The van der Waals surface area contributed by atoms with Gasteiger partial charge in [0.25, 0.3) is 5.91 Å². The number of aliphatic hydroxyl groups is 1. The van der Waals surface area contributed by atoms with Gasteiger partial charge in [-0.2, -0.15) is 0 Å². The fraction of sp³-hybridized carbons (Fsp3) is 0. The molecule has 0 atom stereocenters. The van der Waals surface area contributed by atoms with Crippen LogP contribution in [-0.2, 0) is 9.59 Å². The molecule has 0 aliphatic heterocycles. The van der Waals surface area contributed by atoms with Gasteiger partial charge in [-0.1, -0.05) is 18.2 Å². The molecular weight excluding hydrogens is 248 g/mol. The summed E-state index contributed by atoms with van der Waals surface area (Å²) in [5, 5.41) is 18.9. The minimum atomic E-state index is -1.62. The van der Waals surface area contributed by atoms with E-state index in [9.17, 15) is 14.7 Å². The van der Waals surface area contributed by atoms with Crippen LogP contribution in [0.4, 0.5) is 0 Å². The Labute approximate surface area is 107 Å². The van der Waals surface area contributed by atoms with Crippen LogP contribution in [0, 0.1) is 0 Å². The summed E-state index contributed by atoms with van der Waals surface area (Å²) in [6.45, 7) is 0. The van der Waals surface area contributed by atoms with E-state index in [4.69, 9.17) is 10.8 Å². The molecule has 0 fully saturated rings. The van der Waals surface area contributed by atoms with E-state index in [1.165, 1.54) is 12.3 Å². The Kier molecular flexibility index (Phi) is 3.15. The van der Waals surface area contributed by atoms with E-state index in [0.717, 1.165) is 0 Å². The van der Waals surface area contributed by atoms with Crippen molar-refractivity contribution < 1.29 is 19.8 Å². The largest absolute Gasteiger partial charge is 0.501 e. The van der Waals surface area contributed by atoms with Crippen molar-refractivity contribution in [2.75, 3.05) is 0 Å². The van der Waals surface area contributed by atoms with Gasteiger partial charge in [-0.3, -0.25) is 9.78 Å². The monoisotopic (exact) mass is 258 g/mol. The van der Waals surface area contributed by atoms with Crippen molar-refractivity contribution in [2.45, 2.75) is 0 Å². The number of carboxylic acid groups (broad SMARTS) is 1. The van der Waals surface area contributed by atoms with E-state index in [1.54, 1.807) is 24.3 Å². The van der Waals surface area contributed by atoms with Gasteiger partial charge in [0.2, 0.25) is 5.76 Å².